The minimum Gasteiger partial charge on any atom is -0.369 e. The van der Waals surface area contributed by atoms with Gasteiger partial charge in [0.15, 0.2) is 0 Å². The van der Waals surface area contributed by atoms with Crippen molar-refractivity contribution < 1.29 is 4.79 Å². The van der Waals surface area contributed by atoms with Gasteiger partial charge < -0.3 is 14.7 Å². The predicted octanol–water partition coefficient (Wildman–Crippen LogP) is 2.67. The predicted molar refractivity (Wildman–Crippen MR) is 112 cm³/mol. The molecule has 2 fully saturated rings. The molecule has 2 aromatic rings. The molecule has 2 aromatic heterocycles. The summed E-state index contributed by atoms with van der Waals surface area (Å²) in [6, 6.07) is 1.91. The van der Waals surface area contributed by atoms with Gasteiger partial charge in [0, 0.05) is 44.4 Å². The first-order valence-electron chi connectivity index (χ1n) is 10.4. The number of hydrogen-bond acceptors (Lipinski definition) is 6. The van der Waals surface area contributed by atoms with Crippen LogP contribution in [0, 0.1) is 5.92 Å². The van der Waals surface area contributed by atoms with E-state index < -0.39 is 0 Å². The highest BCUT2D eigenvalue weighted by Crippen LogP contribution is 2.34. The van der Waals surface area contributed by atoms with E-state index in [1.54, 1.807) is 6.20 Å². The first-order chi connectivity index (χ1) is 14.1. The van der Waals surface area contributed by atoms with Crippen LogP contribution in [-0.4, -0.2) is 51.9 Å². The first-order valence-corrected chi connectivity index (χ1v) is 10.8. The standard InChI is InChI=1S/C21H25ClN6O/c1-2-19-24-18-13-28(12-17(18)20(25-19)26-5-3-6-26)21(29)14-4-7-27(11-14)16-8-15(22)9-23-10-16/h8-10,14H,2-7,11-13H2,1H3/t14-/m1/s1. The van der Waals surface area contributed by atoms with Crippen LogP contribution in [0.5, 0.6) is 0 Å². The van der Waals surface area contributed by atoms with Gasteiger partial charge in [0.1, 0.15) is 11.6 Å². The molecule has 0 bridgehead atoms. The van der Waals surface area contributed by atoms with E-state index in [1.807, 2.05) is 17.2 Å². The van der Waals surface area contributed by atoms with Crippen LogP contribution in [0.15, 0.2) is 18.5 Å². The number of amides is 1. The number of carbonyl (C=O) groups excluding carboxylic acids is 1. The summed E-state index contributed by atoms with van der Waals surface area (Å²) in [6.45, 7) is 6.95. The Morgan fingerprint density at radius 2 is 2.03 bits per heavy atom. The quantitative estimate of drug-likeness (QED) is 0.769. The summed E-state index contributed by atoms with van der Waals surface area (Å²) >= 11 is 6.08. The minimum absolute atomic E-state index is 0.00522. The Balaban J connectivity index is 1.31. The molecule has 0 unspecified atom stereocenters. The van der Waals surface area contributed by atoms with E-state index in [0.717, 1.165) is 61.1 Å². The van der Waals surface area contributed by atoms with E-state index >= 15 is 0 Å². The Kier molecular flexibility index (Phi) is 4.78. The molecule has 0 saturated carbocycles. The monoisotopic (exact) mass is 412 g/mol. The van der Waals surface area contributed by atoms with Crippen molar-refractivity contribution >= 4 is 29.0 Å². The van der Waals surface area contributed by atoms with Crippen LogP contribution in [0.2, 0.25) is 5.02 Å². The highest BCUT2D eigenvalue weighted by atomic mass is 35.5. The summed E-state index contributed by atoms with van der Waals surface area (Å²) in [6.07, 6.45) is 6.31. The molecule has 0 spiro atoms. The lowest BCUT2D eigenvalue weighted by Crippen LogP contribution is -2.39. The lowest BCUT2D eigenvalue weighted by atomic mass is 10.1. The van der Waals surface area contributed by atoms with Crippen LogP contribution in [0.4, 0.5) is 11.5 Å². The van der Waals surface area contributed by atoms with Gasteiger partial charge in [-0.2, -0.15) is 0 Å². The fourth-order valence-electron chi connectivity index (χ4n) is 4.42. The number of rotatable bonds is 4. The molecule has 152 valence electrons. The van der Waals surface area contributed by atoms with Crippen molar-refractivity contribution in [1.82, 2.24) is 19.9 Å². The molecule has 0 radical (unpaired) electrons. The van der Waals surface area contributed by atoms with Crippen LogP contribution in [-0.2, 0) is 24.3 Å². The van der Waals surface area contributed by atoms with Crippen LogP contribution in [0.1, 0.15) is 36.8 Å². The average Bonchev–Trinajstić information content (AvgIpc) is 3.33. The number of nitrogens with zero attached hydrogens (tertiary/aromatic N) is 6. The molecule has 29 heavy (non-hydrogen) atoms. The second-order valence-corrected chi connectivity index (χ2v) is 8.51. The molecule has 3 aliphatic rings. The van der Waals surface area contributed by atoms with Gasteiger partial charge in [-0.05, 0) is 18.9 Å². The maximum atomic E-state index is 13.3. The highest BCUT2D eigenvalue weighted by molar-refractivity contribution is 6.30. The Morgan fingerprint density at radius 3 is 2.76 bits per heavy atom. The molecule has 8 heteroatoms. The largest absolute Gasteiger partial charge is 0.369 e. The zero-order valence-electron chi connectivity index (χ0n) is 16.6. The fraction of sp³-hybridized carbons (Fsp3) is 0.524. The lowest BCUT2D eigenvalue weighted by molar-refractivity contribution is -0.135. The summed E-state index contributed by atoms with van der Waals surface area (Å²) in [5, 5.41) is 0.621. The van der Waals surface area contributed by atoms with Gasteiger partial charge in [0.2, 0.25) is 5.91 Å². The van der Waals surface area contributed by atoms with Crippen molar-refractivity contribution in [3.63, 3.8) is 0 Å². The maximum Gasteiger partial charge on any atom is 0.228 e. The number of aromatic nitrogens is 3. The Bertz CT molecular complexity index is 947. The molecule has 2 saturated heterocycles. The maximum absolute atomic E-state index is 13.3. The zero-order chi connectivity index (χ0) is 20.0. The van der Waals surface area contributed by atoms with Crippen molar-refractivity contribution in [2.45, 2.75) is 39.3 Å². The fourth-order valence-corrected chi connectivity index (χ4v) is 4.59. The van der Waals surface area contributed by atoms with Crippen LogP contribution in [0.3, 0.4) is 0 Å². The molecule has 0 N–H and O–H groups in total. The van der Waals surface area contributed by atoms with E-state index in [1.165, 1.54) is 6.42 Å². The third-order valence-corrected chi connectivity index (χ3v) is 6.39. The number of anilines is 2. The molecule has 0 aromatic carbocycles. The first kappa shape index (κ1) is 18.6. The van der Waals surface area contributed by atoms with Crippen molar-refractivity contribution in [3.8, 4) is 0 Å². The Hall–Kier alpha value is -2.41. The molecule has 1 atom stereocenters. The Morgan fingerprint density at radius 1 is 1.17 bits per heavy atom. The van der Waals surface area contributed by atoms with Crippen LogP contribution < -0.4 is 9.80 Å². The van der Waals surface area contributed by atoms with E-state index in [4.69, 9.17) is 21.6 Å². The summed E-state index contributed by atoms with van der Waals surface area (Å²) in [4.78, 5) is 33.5. The third kappa shape index (κ3) is 3.41. The number of halogens is 1. The van der Waals surface area contributed by atoms with Gasteiger partial charge in [-0.3, -0.25) is 9.78 Å². The number of hydrogen-bond donors (Lipinski definition) is 0. The topological polar surface area (TPSA) is 65.5 Å². The summed E-state index contributed by atoms with van der Waals surface area (Å²) in [5.41, 5.74) is 3.15. The second-order valence-electron chi connectivity index (χ2n) is 8.07. The number of pyridine rings is 1. The summed E-state index contributed by atoms with van der Waals surface area (Å²) < 4.78 is 0. The highest BCUT2D eigenvalue weighted by Gasteiger charge is 2.36. The molecule has 1 amide bonds. The molecule has 7 nitrogen and oxygen atoms in total. The third-order valence-electron chi connectivity index (χ3n) is 6.18. The molecular formula is C21H25ClN6O. The number of fused-ring (bicyclic) bond motifs is 1. The van der Waals surface area contributed by atoms with Crippen molar-refractivity contribution in [3.05, 3.63) is 40.6 Å². The molecule has 5 rings (SSSR count). The normalized spacial score (nSPS) is 20.8. The summed E-state index contributed by atoms with van der Waals surface area (Å²) in [5.74, 6) is 2.13. The van der Waals surface area contributed by atoms with Gasteiger partial charge in [-0.25, -0.2) is 9.97 Å². The number of aryl methyl sites for hydroxylation is 1. The van der Waals surface area contributed by atoms with Gasteiger partial charge in [-0.15, -0.1) is 0 Å². The van der Waals surface area contributed by atoms with Crippen LogP contribution in [0.25, 0.3) is 0 Å². The van der Waals surface area contributed by atoms with E-state index in [2.05, 4.69) is 21.7 Å². The average molecular weight is 413 g/mol. The van der Waals surface area contributed by atoms with Gasteiger partial charge in [0.25, 0.3) is 0 Å². The second kappa shape index (κ2) is 7.44. The van der Waals surface area contributed by atoms with Gasteiger partial charge in [0.05, 0.1) is 41.6 Å². The van der Waals surface area contributed by atoms with E-state index in [-0.39, 0.29) is 11.8 Å². The smallest absolute Gasteiger partial charge is 0.228 e. The van der Waals surface area contributed by atoms with Crippen molar-refractivity contribution in [1.29, 1.82) is 0 Å². The molecule has 5 heterocycles. The molecule has 3 aliphatic heterocycles. The summed E-state index contributed by atoms with van der Waals surface area (Å²) in [7, 11) is 0. The van der Waals surface area contributed by atoms with Gasteiger partial charge >= 0.3 is 0 Å². The SMILES string of the molecule is CCc1nc2c(c(N3CCC3)n1)CN(C(=O)[C@@H]1CCN(c3cncc(Cl)c3)C1)C2. The number of carbonyl (C=O) groups is 1. The zero-order valence-corrected chi connectivity index (χ0v) is 17.4. The molecular weight excluding hydrogens is 388 g/mol. The lowest BCUT2D eigenvalue weighted by Gasteiger charge is -2.33. The van der Waals surface area contributed by atoms with Crippen molar-refractivity contribution in [2.75, 3.05) is 36.0 Å². The Labute approximate surface area is 175 Å². The van der Waals surface area contributed by atoms with Crippen LogP contribution >= 0.6 is 11.6 Å². The minimum atomic E-state index is -0.00522. The van der Waals surface area contributed by atoms with Gasteiger partial charge in [-0.1, -0.05) is 18.5 Å². The van der Waals surface area contributed by atoms with E-state index in [9.17, 15) is 4.79 Å². The molecule has 0 aliphatic carbocycles. The van der Waals surface area contributed by atoms with E-state index in [0.29, 0.717) is 24.7 Å². The van der Waals surface area contributed by atoms with Crippen molar-refractivity contribution in [2.24, 2.45) is 5.92 Å².